The van der Waals surface area contributed by atoms with Crippen LogP contribution in [-0.4, -0.2) is 12.5 Å². The van der Waals surface area contributed by atoms with Gasteiger partial charge in [-0.1, -0.05) is 24.3 Å². The summed E-state index contributed by atoms with van der Waals surface area (Å²) >= 11 is 0. The molecule has 19 heavy (non-hydrogen) atoms. The van der Waals surface area contributed by atoms with Crippen molar-refractivity contribution >= 4 is 5.69 Å². The first-order valence-electron chi connectivity index (χ1n) is 5.91. The Balaban J connectivity index is 2.20. The van der Waals surface area contributed by atoms with Gasteiger partial charge in [0.1, 0.15) is 5.75 Å². The molecule has 0 atom stereocenters. The lowest BCUT2D eigenvalue weighted by Crippen LogP contribution is -2.20. The number of hydrogen-bond acceptors (Lipinski definition) is 2. The molecular weight excluding hydrogens is 248 g/mol. The number of nitrogen functional groups attached to an aromatic ring is 1. The van der Waals surface area contributed by atoms with E-state index in [2.05, 4.69) is 0 Å². The quantitative estimate of drug-likeness (QED) is 0.847. The monoisotopic (exact) mass is 263 g/mol. The van der Waals surface area contributed by atoms with Crippen molar-refractivity contribution < 1.29 is 13.5 Å². The van der Waals surface area contributed by atoms with Gasteiger partial charge < -0.3 is 10.5 Å². The first kappa shape index (κ1) is 13.3. The number of anilines is 1. The molecular formula is C15H15F2NO. The smallest absolute Gasteiger partial charge is 0.278 e. The van der Waals surface area contributed by atoms with Crippen molar-refractivity contribution in [1.82, 2.24) is 0 Å². The minimum absolute atomic E-state index is 0.418. The number of ether oxygens (including phenoxy) is 1. The van der Waals surface area contributed by atoms with E-state index in [9.17, 15) is 8.78 Å². The number of alkyl halides is 2. The van der Waals surface area contributed by atoms with Crippen LogP contribution in [0.4, 0.5) is 14.5 Å². The second kappa shape index (κ2) is 5.26. The van der Waals surface area contributed by atoms with Gasteiger partial charge in [0, 0.05) is 12.6 Å². The normalized spacial score (nSPS) is 11.3. The number of nitrogens with two attached hydrogens (primary N) is 1. The predicted octanol–water partition coefficient (Wildman–Crippen LogP) is 3.97. The number of benzene rings is 2. The molecule has 0 saturated heterocycles. The molecule has 0 fully saturated rings. The standard InChI is InChI=1S/C15H15F2NO/c1-15(16,17)10-19-14-7-3-5-12(9-14)11-4-2-6-13(18)8-11/h2-9H,10,18H2,1H3. The molecule has 0 aromatic heterocycles. The van der Waals surface area contributed by atoms with Gasteiger partial charge in [-0.25, -0.2) is 8.78 Å². The van der Waals surface area contributed by atoms with E-state index in [-0.39, 0.29) is 0 Å². The summed E-state index contributed by atoms with van der Waals surface area (Å²) in [6, 6.07) is 14.4. The third-order valence-corrected chi connectivity index (χ3v) is 2.55. The maximum atomic E-state index is 12.7. The summed E-state index contributed by atoms with van der Waals surface area (Å²) < 4.78 is 30.6. The number of hydrogen-bond donors (Lipinski definition) is 1. The molecule has 2 rings (SSSR count). The zero-order chi connectivity index (χ0) is 13.9. The van der Waals surface area contributed by atoms with Crippen molar-refractivity contribution in [3.8, 4) is 16.9 Å². The number of rotatable bonds is 4. The largest absolute Gasteiger partial charge is 0.487 e. The van der Waals surface area contributed by atoms with Crippen LogP contribution in [0.3, 0.4) is 0 Å². The molecule has 0 spiro atoms. The lowest BCUT2D eigenvalue weighted by Gasteiger charge is -2.12. The molecule has 0 unspecified atom stereocenters. The highest BCUT2D eigenvalue weighted by Gasteiger charge is 2.21. The zero-order valence-corrected chi connectivity index (χ0v) is 10.6. The van der Waals surface area contributed by atoms with Crippen molar-refractivity contribution in [2.75, 3.05) is 12.3 Å². The fourth-order valence-electron chi connectivity index (χ4n) is 1.69. The van der Waals surface area contributed by atoms with E-state index < -0.39 is 12.5 Å². The lowest BCUT2D eigenvalue weighted by atomic mass is 10.1. The summed E-state index contributed by atoms with van der Waals surface area (Å²) in [5, 5.41) is 0. The van der Waals surface area contributed by atoms with Gasteiger partial charge in [-0.05, 0) is 35.4 Å². The molecule has 2 N–H and O–H groups in total. The van der Waals surface area contributed by atoms with Crippen LogP contribution in [0, 0.1) is 0 Å². The molecule has 0 bridgehead atoms. The molecule has 0 saturated carbocycles. The molecule has 2 nitrogen and oxygen atoms in total. The van der Waals surface area contributed by atoms with E-state index in [0.29, 0.717) is 11.4 Å². The molecule has 0 aliphatic heterocycles. The van der Waals surface area contributed by atoms with E-state index in [0.717, 1.165) is 18.1 Å². The Bertz CT molecular complexity index is 564. The molecule has 0 heterocycles. The third-order valence-electron chi connectivity index (χ3n) is 2.55. The summed E-state index contributed by atoms with van der Waals surface area (Å²) in [4.78, 5) is 0. The number of halogens is 2. The lowest BCUT2D eigenvalue weighted by molar-refractivity contribution is -0.0229. The Hall–Kier alpha value is -2.10. The van der Waals surface area contributed by atoms with Crippen molar-refractivity contribution in [3.05, 3.63) is 48.5 Å². The molecule has 0 aliphatic carbocycles. The second-order valence-corrected chi connectivity index (χ2v) is 4.51. The molecule has 0 radical (unpaired) electrons. The van der Waals surface area contributed by atoms with Crippen molar-refractivity contribution in [2.45, 2.75) is 12.8 Å². The Morgan fingerprint density at radius 3 is 2.32 bits per heavy atom. The summed E-state index contributed by atoms with van der Waals surface area (Å²) in [7, 11) is 0. The van der Waals surface area contributed by atoms with Gasteiger partial charge in [0.2, 0.25) is 0 Å². The highest BCUT2D eigenvalue weighted by Crippen LogP contribution is 2.26. The average Bonchev–Trinajstić information content (AvgIpc) is 2.36. The van der Waals surface area contributed by atoms with Crippen LogP contribution in [0.25, 0.3) is 11.1 Å². The van der Waals surface area contributed by atoms with Crippen LogP contribution in [0.2, 0.25) is 0 Å². The fraction of sp³-hybridized carbons (Fsp3) is 0.200. The maximum absolute atomic E-state index is 12.7. The van der Waals surface area contributed by atoms with Crippen LogP contribution in [0.5, 0.6) is 5.75 Å². The van der Waals surface area contributed by atoms with Crippen LogP contribution < -0.4 is 10.5 Å². The molecule has 2 aromatic rings. The summed E-state index contributed by atoms with van der Waals surface area (Å²) in [5.41, 5.74) is 8.18. The Kier molecular flexibility index (Phi) is 3.69. The Labute approximate surface area is 110 Å². The first-order chi connectivity index (χ1) is 8.94. The van der Waals surface area contributed by atoms with Gasteiger partial charge in [0.15, 0.2) is 6.61 Å². The van der Waals surface area contributed by atoms with Gasteiger partial charge in [-0.3, -0.25) is 0 Å². The SMILES string of the molecule is CC(F)(F)COc1cccc(-c2cccc(N)c2)c1. The molecule has 4 heteroatoms. The first-order valence-corrected chi connectivity index (χ1v) is 5.91. The average molecular weight is 263 g/mol. The van der Waals surface area contributed by atoms with Crippen LogP contribution >= 0.6 is 0 Å². The predicted molar refractivity (Wildman–Crippen MR) is 72.4 cm³/mol. The Morgan fingerprint density at radius 2 is 1.68 bits per heavy atom. The molecule has 0 amide bonds. The topological polar surface area (TPSA) is 35.2 Å². The van der Waals surface area contributed by atoms with E-state index in [1.807, 2.05) is 24.3 Å². The van der Waals surface area contributed by atoms with E-state index >= 15 is 0 Å². The minimum atomic E-state index is -2.84. The minimum Gasteiger partial charge on any atom is -0.487 e. The summed E-state index contributed by atoms with van der Waals surface area (Å²) in [5.74, 6) is -2.42. The third kappa shape index (κ3) is 3.95. The van der Waals surface area contributed by atoms with Gasteiger partial charge >= 0.3 is 0 Å². The Morgan fingerprint density at radius 1 is 1.05 bits per heavy atom. The van der Waals surface area contributed by atoms with Gasteiger partial charge in [-0.15, -0.1) is 0 Å². The molecule has 0 aliphatic rings. The van der Waals surface area contributed by atoms with Crippen molar-refractivity contribution in [2.24, 2.45) is 0 Å². The van der Waals surface area contributed by atoms with E-state index in [1.165, 1.54) is 0 Å². The maximum Gasteiger partial charge on any atom is 0.278 e. The molecule has 100 valence electrons. The second-order valence-electron chi connectivity index (χ2n) is 4.51. The van der Waals surface area contributed by atoms with Crippen LogP contribution in [-0.2, 0) is 0 Å². The fourth-order valence-corrected chi connectivity index (χ4v) is 1.69. The van der Waals surface area contributed by atoms with Crippen LogP contribution in [0.15, 0.2) is 48.5 Å². The summed E-state index contributed by atoms with van der Waals surface area (Å²) in [6.07, 6.45) is 0. The van der Waals surface area contributed by atoms with Gasteiger partial charge in [-0.2, -0.15) is 0 Å². The van der Waals surface area contributed by atoms with Crippen molar-refractivity contribution in [1.29, 1.82) is 0 Å². The highest BCUT2D eigenvalue weighted by atomic mass is 19.3. The van der Waals surface area contributed by atoms with Gasteiger partial charge in [0.25, 0.3) is 5.92 Å². The summed E-state index contributed by atoms with van der Waals surface area (Å²) in [6.45, 7) is 0.197. The van der Waals surface area contributed by atoms with E-state index in [1.54, 1.807) is 24.3 Å². The molecule has 2 aromatic carbocycles. The van der Waals surface area contributed by atoms with E-state index in [4.69, 9.17) is 10.5 Å². The zero-order valence-electron chi connectivity index (χ0n) is 10.6. The van der Waals surface area contributed by atoms with Crippen molar-refractivity contribution in [3.63, 3.8) is 0 Å². The van der Waals surface area contributed by atoms with Crippen LogP contribution in [0.1, 0.15) is 6.92 Å². The highest BCUT2D eigenvalue weighted by molar-refractivity contribution is 5.68. The van der Waals surface area contributed by atoms with Gasteiger partial charge in [0.05, 0.1) is 0 Å².